The van der Waals surface area contributed by atoms with Crippen LogP contribution < -0.4 is 5.32 Å². The second kappa shape index (κ2) is 6.85. The van der Waals surface area contributed by atoms with Crippen molar-refractivity contribution in [2.45, 2.75) is 33.1 Å². The van der Waals surface area contributed by atoms with Crippen LogP contribution in [0, 0.1) is 6.92 Å². The number of aryl methyl sites for hydroxylation is 2. The number of hydrogen-bond donors (Lipinski definition) is 1. The zero-order chi connectivity index (χ0) is 14.4. The van der Waals surface area contributed by atoms with Crippen LogP contribution >= 0.6 is 0 Å². The lowest BCUT2D eigenvalue weighted by molar-refractivity contribution is 0.102. The number of amides is 1. The van der Waals surface area contributed by atoms with Gasteiger partial charge in [-0.2, -0.15) is 0 Å². The second-order valence-electron chi connectivity index (χ2n) is 4.92. The van der Waals surface area contributed by atoms with Gasteiger partial charge in [-0.15, -0.1) is 0 Å². The van der Waals surface area contributed by atoms with E-state index in [0.717, 1.165) is 17.8 Å². The van der Waals surface area contributed by atoms with Crippen LogP contribution in [-0.2, 0) is 6.42 Å². The lowest BCUT2D eigenvalue weighted by Crippen LogP contribution is -2.13. The molecule has 0 bridgehead atoms. The van der Waals surface area contributed by atoms with Crippen molar-refractivity contribution in [1.82, 2.24) is 4.98 Å². The Morgan fingerprint density at radius 3 is 2.55 bits per heavy atom. The van der Waals surface area contributed by atoms with E-state index in [2.05, 4.69) is 29.4 Å². The van der Waals surface area contributed by atoms with E-state index in [1.165, 1.54) is 18.4 Å². The van der Waals surface area contributed by atoms with Crippen LogP contribution in [0.4, 0.5) is 5.69 Å². The third-order valence-electron chi connectivity index (χ3n) is 3.15. The molecular weight excluding hydrogens is 248 g/mol. The Labute approximate surface area is 120 Å². The van der Waals surface area contributed by atoms with Crippen LogP contribution in [0.3, 0.4) is 0 Å². The molecular formula is C17H20N2O. The van der Waals surface area contributed by atoms with Crippen LogP contribution in [0.1, 0.15) is 41.5 Å². The van der Waals surface area contributed by atoms with E-state index >= 15 is 0 Å². The first-order valence-corrected chi connectivity index (χ1v) is 7.03. The van der Waals surface area contributed by atoms with Crippen LogP contribution in [0.2, 0.25) is 0 Å². The zero-order valence-electron chi connectivity index (χ0n) is 12.0. The smallest absolute Gasteiger partial charge is 0.274 e. The molecule has 1 heterocycles. The monoisotopic (exact) mass is 268 g/mol. The van der Waals surface area contributed by atoms with Crippen LogP contribution in [0.5, 0.6) is 0 Å². The Morgan fingerprint density at radius 1 is 1.15 bits per heavy atom. The summed E-state index contributed by atoms with van der Waals surface area (Å²) in [6.45, 7) is 4.06. The summed E-state index contributed by atoms with van der Waals surface area (Å²) in [5.74, 6) is -0.171. The fraction of sp³-hybridized carbons (Fsp3) is 0.294. The number of carbonyl (C=O) groups is 1. The molecule has 0 fully saturated rings. The van der Waals surface area contributed by atoms with E-state index in [1.807, 2.05) is 31.2 Å². The van der Waals surface area contributed by atoms with Gasteiger partial charge in [-0.05, 0) is 49.6 Å². The molecule has 0 aliphatic rings. The van der Waals surface area contributed by atoms with Gasteiger partial charge in [0.2, 0.25) is 0 Å². The largest absolute Gasteiger partial charge is 0.321 e. The highest BCUT2D eigenvalue weighted by Crippen LogP contribution is 2.13. The normalized spacial score (nSPS) is 10.3. The summed E-state index contributed by atoms with van der Waals surface area (Å²) >= 11 is 0. The highest BCUT2D eigenvalue weighted by molar-refractivity contribution is 6.02. The fourth-order valence-electron chi connectivity index (χ4n) is 2.00. The minimum Gasteiger partial charge on any atom is -0.321 e. The molecule has 1 amide bonds. The predicted molar refractivity (Wildman–Crippen MR) is 82.0 cm³/mol. The topological polar surface area (TPSA) is 42.0 Å². The van der Waals surface area contributed by atoms with Crippen molar-refractivity contribution in [2.75, 3.05) is 5.32 Å². The number of hydrogen-bond acceptors (Lipinski definition) is 2. The maximum absolute atomic E-state index is 12.0. The van der Waals surface area contributed by atoms with Gasteiger partial charge in [0.1, 0.15) is 5.69 Å². The Morgan fingerprint density at radius 2 is 1.90 bits per heavy atom. The first-order chi connectivity index (χ1) is 9.69. The Balaban J connectivity index is 2.01. The number of benzene rings is 1. The molecule has 0 atom stereocenters. The van der Waals surface area contributed by atoms with Crippen molar-refractivity contribution in [3.05, 3.63) is 59.4 Å². The van der Waals surface area contributed by atoms with E-state index in [-0.39, 0.29) is 5.91 Å². The third-order valence-corrected chi connectivity index (χ3v) is 3.15. The average molecular weight is 268 g/mol. The number of pyridine rings is 1. The van der Waals surface area contributed by atoms with Crippen molar-refractivity contribution in [2.24, 2.45) is 0 Å². The molecule has 0 spiro atoms. The van der Waals surface area contributed by atoms with Gasteiger partial charge in [0.05, 0.1) is 0 Å². The number of rotatable bonds is 5. The van der Waals surface area contributed by atoms with Gasteiger partial charge >= 0.3 is 0 Å². The summed E-state index contributed by atoms with van der Waals surface area (Å²) in [7, 11) is 0. The van der Waals surface area contributed by atoms with Gasteiger partial charge in [0, 0.05) is 11.4 Å². The quantitative estimate of drug-likeness (QED) is 0.891. The SMILES string of the molecule is CCCCc1ccc(NC(=O)c2cccc(C)n2)cc1. The van der Waals surface area contributed by atoms with Crippen LogP contribution in [0.25, 0.3) is 0 Å². The maximum atomic E-state index is 12.0. The number of carbonyl (C=O) groups excluding carboxylic acids is 1. The molecule has 0 radical (unpaired) electrons. The number of nitrogens with zero attached hydrogens (tertiary/aromatic N) is 1. The first kappa shape index (κ1) is 14.3. The van der Waals surface area contributed by atoms with Crippen molar-refractivity contribution in [3.63, 3.8) is 0 Å². The van der Waals surface area contributed by atoms with Gasteiger partial charge in [-0.1, -0.05) is 31.5 Å². The summed E-state index contributed by atoms with van der Waals surface area (Å²) in [6, 6.07) is 13.4. The van der Waals surface area contributed by atoms with E-state index < -0.39 is 0 Å². The molecule has 0 saturated heterocycles. The minimum absolute atomic E-state index is 0.171. The summed E-state index contributed by atoms with van der Waals surface area (Å²) in [5, 5.41) is 2.87. The van der Waals surface area contributed by atoms with Crippen molar-refractivity contribution < 1.29 is 4.79 Å². The van der Waals surface area contributed by atoms with Gasteiger partial charge in [-0.25, -0.2) is 4.98 Å². The molecule has 2 aromatic rings. The zero-order valence-corrected chi connectivity index (χ0v) is 12.0. The lowest BCUT2D eigenvalue weighted by Gasteiger charge is -2.06. The van der Waals surface area contributed by atoms with Crippen molar-refractivity contribution in [1.29, 1.82) is 0 Å². The average Bonchev–Trinajstić information content (AvgIpc) is 2.46. The van der Waals surface area contributed by atoms with Gasteiger partial charge in [0.15, 0.2) is 0 Å². The Bertz CT molecular complexity index is 576. The molecule has 0 aliphatic carbocycles. The number of nitrogens with one attached hydrogen (secondary N) is 1. The summed E-state index contributed by atoms with van der Waals surface area (Å²) < 4.78 is 0. The Kier molecular flexibility index (Phi) is 4.88. The summed E-state index contributed by atoms with van der Waals surface area (Å²) in [6.07, 6.45) is 3.47. The lowest BCUT2D eigenvalue weighted by atomic mass is 10.1. The molecule has 3 nitrogen and oxygen atoms in total. The minimum atomic E-state index is -0.171. The molecule has 2 rings (SSSR count). The number of aromatic nitrogens is 1. The third kappa shape index (κ3) is 3.92. The molecule has 0 aliphatic heterocycles. The van der Waals surface area contributed by atoms with E-state index in [9.17, 15) is 4.79 Å². The molecule has 0 unspecified atom stereocenters. The molecule has 3 heteroatoms. The van der Waals surface area contributed by atoms with E-state index in [4.69, 9.17) is 0 Å². The van der Waals surface area contributed by atoms with Crippen LogP contribution in [0.15, 0.2) is 42.5 Å². The second-order valence-corrected chi connectivity index (χ2v) is 4.92. The summed E-state index contributed by atoms with van der Waals surface area (Å²) in [4.78, 5) is 16.3. The Hall–Kier alpha value is -2.16. The van der Waals surface area contributed by atoms with E-state index in [0.29, 0.717) is 5.69 Å². The molecule has 0 saturated carbocycles. The highest BCUT2D eigenvalue weighted by atomic mass is 16.1. The van der Waals surface area contributed by atoms with Gasteiger partial charge in [-0.3, -0.25) is 4.79 Å². The molecule has 1 N–H and O–H groups in total. The maximum Gasteiger partial charge on any atom is 0.274 e. The number of anilines is 1. The van der Waals surface area contributed by atoms with Crippen LogP contribution in [-0.4, -0.2) is 10.9 Å². The predicted octanol–water partition coefficient (Wildman–Crippen LogP) is 3.98. The molecule has 104 valence electrons. The molecule has 1 aromatic carbocycles. The van der Waals surface area contributed by atoms with Gasteiger partial charge in [0.25, 0.3) is 5.91 Å². The standard InChI is InChI=1S/C17H20N2O/c1-3-4-7-14-9-11-15(12-10-14)19-17(20)16-8-5-6-13(2)18-16/h5-6,8-12H,3-4,7H2,1-2H3,(H,19,20). The van der Waals surface area contributed by atoms with E-state index in [1.54, 1.807) is 6.07 Å². The highest BCUT2D eigenvalue weighted by Gasteiger charge is 2.07. The van der Waals surface area contributed by atoms with Crippen molar-refractivity contribution in [3.8, 4) is 0 Å². The molecule has 1 aromatic heterocycles. The van der Waals surface area contributed by atoms with Crippen molar-refractivity contribution >= 4 is 11.6 Å². The number of unbranched alkanes of at least 4 members (excludes halogenated alkanes) is 1. The first-order valence-electron chi connectivity index (χ1n) is 7.03. The summed E-state index contributed by atoms with van der Waals surface area (Å²) in [5.41, 5.74) is 3.39. The van der Waals surface area contributed by atoms with Gasteiger partial charge < -0.3 is 5.32 Å². The fourth-order valence-corrected chi connectivity index (χ4v) is 2.00. The molecule has 20 heavy (non-hydrogen) atoms.